The van der Waals surface area contributed by atoms with Gasteiger partial charge in [-0.05, 0) is 115 Å². The number of hydrogen-bond donors (Lipinski definition) is 0. The Balaban J connectivity index is 0.993. The molecule has 0 radical (unpaired) electrons. The number of anilines is 3. The van der Waals surface area contributed by atoms with Crippen LogP contribution >= 0.6 is 0 Å². The molecule has 0 saturated carbocycles. The third-order valence-corrected chi connectivity index (χ3v) is 11.5. The van der Waals surface area contributed by atoms with Crippen molar-refractivity contribution in [3.63, 3.8) is 0 Å². The summed E-state index contributed by atoms with van der Waals surface area (Å²) in [5, 5.41) is 7.29. The molecule has 0 amide bonds. The molecule has 272 valence electrons. The maximum atomic E-state index is 6.24. The van der Waals surface area contributed by atoms with Crippen LogP contribution in [0.1, 0.15) is 0 Å². The lowest BCUT2D eigenvalue weighted by Crippen LogP contribution is -2.10. The number of nitrogens with zero attached hydrogens (tertiary/aromatic N) is 1. The van der Waals surface area contributed by atoms with E-state index in [4.69, 9.17) is 4.42 Å². The molecule has 2 nitrogen and oxygen atoms in total. The molecule has 0 unspecified atom stereocenters. The van der Waals surface area contributed by atoms with Crippen LogP contribution in [0.5, 0.6) is 0 Å². The third-order valence-electron chi connectivity index (χ3n) is 11.5. The number of hydrogen-bond acceptors (Lipinski definition) is 2. The second-order valence-electron chi connectivity index (χ2n) is 14.9. The predicted octanol–water partition coefficient (Wildman–Crippen LogP) is 16.0. The van der Waals surface area contributed by atoms with Crippen molar-refractivity contribution in [1.29, 1.82) is 0 Å². The first-order valence-corrected chi connectivity index (χ1v) is 19.8. The lowest BCUT2D eigenvalue weighted by atomic mass is 9.96. The second-order valence-corrected chi connectivity index (χ2v) is 14.9. The van der Waals surface area contributed by atoms with Crippen molar-refractivity contribution in [3.05, 3.63) is 224 Å². The number of fused-ring (bicyclic) bond motifs is 5. The van der Waals surface area contributed by atoms with Crippen LogP contribution in [0.2, 0.25) is 0 Å². The van der Waals surface area contributed by atoms with E-state index in [2.05, 4.69) is 217 Å². The van der Waals surface area contributed by atoms with Gasteiger partial charge in [0.2, 0.25) is 0 Å². The maximum absolute atomic E-state index is 6.24. The molecule has 0 aliphatic rings. The van der Waals surface area contributed by atoms with Gasteiger partial charge in [-0.1, -0.05) is 176 Å². The quantitative estimate of drug-likeness (QED) is 0.162. The first-order valence-electron chi connectivity index (χ1n) is 19.8. The minimum atomic E-state index is 0.901. The van der Waals surface area contributed by atoms with Gasteiger partial charge >= 0.3 is 0 Å². The van der Waals surface area contributed by atoms with E-state index in [1.54, 1.807) is 0 Å². The van der Waals surface area contributed by atoms with Crippen molar-refractivity contribution < 1.29 is 4.42 Å². The highest BCUT2D eigenvalue weighted by Crippen LogP contribution is 2.41. The van der Waals surface area contributed by atoms with Crippen LogP contribution < -0.4 is 4.90 Å². The van der Waals surface area contributed by atoms with Gasteiger partial charge in [-0.15, -0.1) is 0 Å². The van der Waals surface area contributed by atoms with Crippen LogP contribution in [0.3, 0.4) is 0 Å². The minimum Gasteiger partial charge on any atom is -0.456 e. The van der Waals surface area contributed by atoms with Crippen molar-refractivity contribution in [2.75, 3.05) is 4.90 Å². The van der Waals surface area contributed by atoms with Crippen molar-refractivity contribution in [3.8, 4) is 44.5 Å². The summed E-state index contributed by atoms with van der Waals surface area (Å²) in [7, 11) is 0. The minimum absolute atomic E-state index is 0.901. The summed E-state index contributed by atoms with van der Waals surface area (Å²) in [4.78, 5) is 2.36. The Bertz CT molecular complexity index is 3250. The highest BCUT2D eigenvalue weighted by Gasteiger charge is 2.17. The maximum Gasteiger partial charge on any atom is 0.136 e. The van der Waals surface area contributed by atoms with E-state index in [1.165, 1.54) is 49.4 Å². The van der Waals surface area contributed by atoms with Gasteiger partial charge in [0.25, 0.3) is 0 Å². The van der Waals surface area contributed by atoms with Crippen LogP contribution in [-0.2, 0) is 0 Å². The molecule has 0 bridgehead atoms. The highest BCUT2D eigenvalue weighted by molar-refractivity contribution is 6.12. The summed E-state index contributed by atoms with van der Waals surface area (Å²) in [5.74, 6) is 0. The van der Waals surface area contributed by atoms with E-state index in [-0.39, 0.29) is 0 Å². The van der Waals surface area contributed by atoms with E-state index >= 15 is 0 Å². The number of rotatable bonds is 7. The molecule has 0 aliphatic carbocycles. The summed E-state index contributed by atoms with van der Waals surface area (Å²) in [6, 6.07) is 80.7. The molecule has 0 fully saturated rings. The monoisotopic (exact) mass is 739 g/mol. The van der Waals surface area contributed by atoms with Gasteiger partial charge in [0.05, 0.1) is 0 Å². The molecule has 0 aliphatic heterocycles. The molecule has 0 N–H and O–H groups in total. The highest BCUT2D eigenvalue weighted by atomic mass is 16.3. The van der Waals surface area contributed by atoms with Crippen LogP contribution in [0, 0.1) is 0 Å². The van der Waals surface area contributed by atoms with Gasteiger partial charge < -0.3 is 9.32 Å². The average molecular weight is 740 g/mol. The molecule has 0 spiro atoms. The Labute approximate surface area is 337 Å². The lowest BCUT2D eigenvalue weighted by molar-refractivity contribution is 0.669. The molecule has 0 saturated heterocycles. The Morgan fingerprint density at radius 3 is 1.36 bits per heavy atom. The van der Waals surface area contributed by atoms with Gasteiger partial charge in [-0.25, -0.2) is 0 Å². The second kappa shape index (κ2) is 14.1. The Morgan fingerprint density at radius 1 is 0.276 bits per heavy atom. The third kappa shape index (κ3) is 5.91. The fourth-order valence-corrected chi connectivity index (χ4v) is 8.66. The van der Waals surface area contributed by atoms with Gasteiger partial charge in [0.1, 0.15) is 11.2 Å². The topological polar surface area (TPSA) is 16.4 Å². The first-order chi connectivity index (χ1) is 28.7. The molecule has 2 heteroatoms. The van der Waals surface area contributed by atoms with Crippen molar-refractivity contribution in [1.82, 2.24) is 0 Å². The summed E-state index contributed by atoms with van der Waals surface area (Å²) < 4.78 is 6.24. The van der Waals surface area contributed by atoms with Crippen LogP contribution in [0.4, 0.5) is 17.1 Å². The van der Waals surface area contributed by atoms with E-state index in [0.717, 1.165) is 55.7 Å². The van der Waals surface area contributed by atoms with Crippen molar-refractivity contribution in [2.45, 2.75) is 0 Å². The molecule has 0 atom stereocenters. The molecular formula is C56H37NO. The Kier molecular flexibility index (Phi) is 8.19. The summed E-state index contributed by atoms with van der Waals surface area (Å²) in [5.41, 5.74) is 14.6. The predicted molar refractivity (Wildman–Crippen MR) is 245 cm³/mol. The summed E-state index contributed by atoms with van der Waals surface area (Å²) in [6.45, 7) is 0. The number of furan rings is 1. The molecule has 11 aromatic rings. The molecule has 58 heavy (non-hydrogen) atoms. The smallest absolute Gasteiger partial charge is 0.136 e. The fraction of sp³-hybridized carbons (Fsp3) is 0. The largest absolute Gasteiger partial charge is 0.456 e. The van der Waals surface area contributed by atoms with E-state index < -0.39 is 0 Å². The molecule has 11 rings (SSSR count). The van der Waals surface area contributed by atoms with Crippen LogP contribution in [0.25, 0.3) is 88.0 Å². The van der Waals surface area contributed by atoms with Gasteiger partial charge in [-0.3, -0.25) is 0 Å². The van der Waals surface area contributed by atoms with Gasteiger partial charge in [0, 0.05) is 27.8 Å². The van der Waals surface area contributed by atoms with Crippen molar-refractivity contribution in [2.24, 2.45) is 0 Å². The zero-order valence-electron chi connectivity index (χ0n) is 31.7. The van der Waals surface area contributed by atoms with Crippen LogP contribution in [-0.4, -0.2) is 0 Å². The number of para-hydroxylation sites is 1. The number of benzene rings is 10. The molecule has 1 heterocycles. The van der Waals surface area contributed by atoms with E-state index in [9.17, 15) is 0 Å². The summed E-state index contributed by atoms with van der Waals surface area (Å²) >= 11 is 0. The fourth-order valence-electron chi connectivity index (χ4n) is 8.66. The van der Waals surface area contributed by atoms with Gasteiger partial charge in [0.15, 0.2) is 0 Å². The molecular weight excluding hydrogens is 703 g/mol. The zero-order valence-corrected chi connectivity index (χ0v) is 31.7. The van der Waals surface area contributed by atoms with Crippen LogP contribution in [0.15, 0.2) is 229 Å². The Hall–Kier alpha value is -7.68. The lowest BCUT2D eigenvalue weighted by Gasteiger charge is -2.26. The molecule has 1 aromatic heterocycles. The SMILES string of the molecule is c1cc(-c2ccc(-c3cccc4ccccc34)cc2)cc(N(c2ccc(-c3cccc4ccccc34)cc2)c2ccc(-c3cccc4oc5ccccc5c34)cc2)c1. The molecule has 10 aromatic carbocycles. The van der Waals surface area contributed by atoms with Crippen molar-refractivity contribution >= 4 is 60.5 Å². The first kappa shape index (κ1) is 33.6. The summed E-state index contributed by atoms with van der Waals surface area (Å²) in [6.07, 6.45) is 0. The standard InChI is InChI=1S/C56H37NO/c1-3-17-48-39(11-1)13-8-20-50(48)41-27-25-38(26-28-41)44-15-7-16-47(37-44)57(45-33-29-42(30-34-45)51-21-9-14-40-12-2-4-18-49(40)51)46-35-31-43(32-36-46)52-22-10-24-55-56(52)53-19-5-6-23-54(53)58-55/h1-37H. The Morgan fingerprint density at radius 2 is 0.724 bits per heavy atom. The van der Waals surface area contributed by atoms with E-state index in [1.807, 2.05) is 12.1 Å². The average Bonchev–Trinajstić information content (AvgIpc) is 3.69. The van der Waals surface area contributed by atoms with E-state index in [0.29, 0.717) is 0 Å². The normalized spacial score (nSPS) is 11.4. The van der Waals surface area contributed by atoms with Gasteiger partial charge in [-0.2, -0.15) is 0 Å². The zero-order chi connectivity index (χ0) is 38.4.